The van der Waals surface area contributed by atoms with E-state index in [2.05, 4.69) is 10.0 Å². The molecule has 2 aromatic rings. The lowest BCUT2D eigenvalue weighted by molar-refractivity contribution is 0.0757. The summed E-state index contributed by atoms with van der Waals surface area (Å²) in [6, 6.07) is 10.6. The fourth-order valence-corrected chi connectivity index (χ4v) is 3.27. The molecule has 0 aliphatic carbocycles. The summed E-state index contributed by atoms with van der Waals surface area (Å²) in [6.45, 7) is 4.96. The number of ether oxygens (including phenoxy) is 1. The number of amides is 1. The normalized spacial score (nSPS) is 11.4. The average molecular weight is 394 g/mol. The largest absolute Gasteiger partial charge is 0.379 e. The van der Waals surface area contributed by atoms with Crippen molar-refractivity contribution in [2.45, 2.75) is 31.3 Å². The molecule has 2 aromatic carbocycles. The van der Waals surface area contributed by atoms with Gasteiger partial charge in [-0.2, -0.15) is 0 Å². The van der Waals surface area contributed by atoms with E-state index in [9.17, 15) is 17.6 Å². The zero-order valence-electron chi connectivity index (χ0n) is 15.2. The van der Waals surface area contributed by atoms with Crippen molar-refractivity contribution in [3.63, 3.8) is 0 Å². The molecule has 0 bridgehead atoms. The maximum atomic E-state index is 12.9. The Morgan fingerprint density at radius 3 is 2.30 bits per heavy atom. The summed E-state index contributed by atoms with van der Waals surface area (Å²) in [5, 5.41) is 2.78. The number of hydrogen-bond acceptors (Lipinski definition) is 4. The first-order valence-corrected chi connectivity index (χ1v) is 10.0. The number of hydrogen-bond donors (Lipinski definition) is 2. The van der Waals surface area contributed by atoms with Crippen molar-refractivity contribution in [2.75, 3.05) is 17.9 Å². The van der Waals surface area contributed by atoms with Crippen LogP contribution >= 0.6 is 0 Å². The van der Waals surface area contributed by atoms with Crippen LogP contribution in [0.15, 0.2) is 53.4 Å². The highest BCUT2D eigenvalue weighted by Gasteiger charge is 2.14. The Bertz CT molecular complexity index is 850. The molecule has 6 nitrogen and oxygen atoms in total. The Hall–Kier alpha value is -2.45. The Morgan fingerprint density at radius 2 is 1.70 bits per heavy atom. The fraction of sp³-hybridized carbons (Fsp3) is 0.316. The summed E-state index contributed by atoms with van der Waals surface area (Å²) in [5.41, 5.74) is 0.728. The van der Waals surface area contributed by atoms with E-state index in [4.69, 9.17) is 4.74 Å². The van der Waals surface area contributed by atoms with E-state index in [1.807, 2.05) is 13.8 Å². The van der Waals surface area contributed by atoms with Gasteiger partial charge in [-0.15, -0.1) is 0 Å². The molecule has 2 rings (SSSR count). The van der Waals surface area contributed by atoms with Crippen molar-refractivity contribution in [2.24, 2.45) is 0 Å². The number of nitrogens with one attached hydrogen (secondary N) is 2. The number of carbonyl (C=O) groups is 1. The van der Waals surface area contributed by atoms with Gasteiger partial charge in [0.25, 0.3) is 15.9 Å². The Morgan fingerprint density at radius 1 is 1.07 bits per heavy atom. The molecule has 1 amide bonds. The van der Waals surface area contributed by atoms with Gasteiger partial charge in [0.2, 0.25) is 0 Å². The molecule has 0 radical (unpaired) electrons. The molecule has 0 unspecified atom stereocenters. The quantitative estimate of drug-likeness (QED) is 0.640. The fourth-order valence-electron chi connectivity index (χ4n) is 2.21. The van der Waals surface area contributed by atoms with Crippen LogP contribution in [0.5, 0.6) is 0 Å². The predicted octanol–water partition coefficient (Wildman–Crippen LogP) is 3.17. The maximum absolute atomic E-state index is 12.9. The van der Waals surface area contributed by atoms with Crippen LogP contribution in [0.3, 0.4) is 0 Å². The van der Waals surface area contributed by atoms with Crippen LogP contribution in [-0.2, 0) is 14.8 Å². The van der Waals surface area contributed by atoms with Gasteiger partial charge in [0.1, 0.15) is 5.82 Å². The summed E-state index contributed by atoms with van der Waals surface area (Å²) < 4.78 is 45.2. The monoisotopic (exact) mass is 394 g/mol. The minimum Gasteiger partial charge on any atom is -0.379 e. The van der Waals surface area contributed by atoms with Crippen LogP contribution in [0.2, 0.25) is 0 Å². The smallest absolute Gasteiger partial charge is 0.261 e. The van der Waals surface area contributed by atoms with Crippen LogP contribution in [0.1, 0.15) is 30.6 Å². The summed E-state index contributed by atoms with van der Waals surface area (Å²) in [5.74, 6) is -0.757. The van der Waals surface area contributed by atoms with Crippen molar-refractivity contribution in [3.8, 4) is 0 Å². The minimum atomic E-state index is -3.82. The molecule has 8 heteroatoms. The average Bonchev–Trinajstić information content (AvgIpc) is 2.61. The molecule has 146 valence electrons. The number of halogens is 1. The second kappa shape index (κ2) is 9.48. The topological polar surface area (TPSA) is 84.5 Å². The van der Waals surface area contributed by atoms with Crippen molar-refractivity contribution in [1.82, 2.24) is 5.32 Å². The van der Waals surface area contributed by atoms with Crippen molar-refractivity contribution in [3.05, 3.63) is 59.9 Å². The van der Waals surface area contributed by atoms with Gasteiger partial charge in [-0.25, -0.2) is 12.8 Å². The third-order valence-electron chi connectivity index (χ3n) is 3.58. The van der Waals surface area contributed by atoms with Gasteiger partial charge in [-0.3, -0.25) is 9.52 Å². The highest BCUT2D eigenvalue weighted by Crippen LogP contribution is 2.17. The van der Waals surface area contributed by atoms with E-state index in [-0.39, 0.29) is 16.9 Å². The molecule has 0 aliphatic heterocycles. The van der Waals surface area contributed by atoms with Gasteiger partial charge >= 0.3 is 0 Å². The molecule has 0 aromatic heterocycles. The summed E-state index contributed by atoms with van der Waals surface area (Å²) in [7, 11) is -3.82. The van der Waals surface area contributed by atoms with Gasteiger partial charge in [-0.05, 0) is 68.8 Å². The van der Waals surface area contributed by atoms with E-state index in [0.29, 0.717) is 30.8 Å². The molecular weight excluding hydrogens is 371 g/mol. The molecule has 0 fully saturated rings. The molecule has 2 N–H and O–H groups in total. The molecule has 0 saturated carbocycles. The van der Waals surface area contributed by atoms with Crippen molar-refractivity contribution >= 4 is 21.6 Å². The third kappa shape index (κ3) is 6.65. The lowest BCUT2D eigenvalue weighted by Gasteiger charge is -2.10. The van der Waals surface area contributed by atoms with Crippen LogP contribution < -0.4 is 10.0 Å². The highest BCUT2D eigenvalue weighted by molar-refractivity contribution is 7.92. The second-order valence-corrected chi connectivity index (χ2v) is 7.85. The van der Waals surface area contributed by atoms with Crippen LogP contribution in [0.4, 0.5) is 10.1 Å². The van der Waals surface area contributed by atoms with Crippen LogP contribution in [0.25, 0.3) is 0 Å². The molecule has 0 spiro atoms. The number of sulfonamides is 1. The maximum Gasteiger partial charge on any atom is 0.261 e. The van der Waals surface area contributed by atoms with Crippen LogP contribution in [0, 0.1) is 5.82 Å². The highest BCUT2D eigenvalue weighted by atomic mass is 32.2. The van der Waals surface area contributed by atoms with Crippen LogP contribution in [-0.4, -0.2) is 33.6 Å². The number of rotatable bonds is 9. The summed E-state index contributed by atoms with van der Waals surface area (Å²) >= 11 is 0. The van der Waals surface area contributed by atoms with Gasteiger partial charge in [0.05, 0.1) is 11.0 Å². The Balaban J connectivity index is 1.90. The molecular formula is C19H23FN2O4S. The Kier molecular flexibility index (Phi) is 7.32. The van der Waals surface area contributed by atoms with Crippen molar-refractivity contribution < 1.29 is 22.3 Å². The van der Waals surface area contributed by atoms with E-state index in [0.717, 1.165) is 12.1 Å². The third-order valence-corrected chi connectivity index (χ3v) is 4.98. The first kappa shape index (κ1) is 20.9. The van der Waals surface area contributed by atoms with Gasteiger partial charge in [0.15, 0.2) is 0 Å². The zero-order valence-corrected chi connectivity index (χ0v) is 16.1. The molecule has 0 saturated heterocycles. The molecule has 0 atom stereocenters. The van der Waals surface area contributed by atoms with E-state index >= 15 is 0 Å². The van der Waals surface area contributed by atoms with Gasteiger partial charge < -0.3 is 10.1 Å². The van der Waals surface area contributed by atoms with Gasteiger partial charge in [0, 0.05) is 24.4 Å². The number of benzene rings is 2. The first-order chi connectivity index (χ1) is 12.8. The molecule has 0 heterocycles. The summed E-state index contributed by atoms with van der Waals surface area (Å²) in [4.78, 5) is 12.0. The lowest BCUT2D eigenvalue weighted by Crippen LogP contribution is -2.25. The summed E-state index contributed by atoms with van der Waals surface area (Å²) in [6.07, 6.45) is 0.867. The second-order valence-electron chi connectivity index (χ2n) is 6.17. The SMILES string of the molecule is CC(C)OCCCNC(=O)c1ccc(NS(=O)(=O)c2ccc(F)cc2)cc1. The van der Waals surface area contributed by atoms with E-state index in [1.54, 1.807) is 0 Å². The number of carbonyl (C=O) groups excluding carboxylic acids is 1. The molecule has 0 aliphatic rings. The molecule has 27 heavy (non-hydrogen) atoms. The van der Waals surface area contributed by atoms with E-state index < -0.39 is 15.8 Å². The lowest BCUT2D eigenvalue weighted by atomic mass is 10.2. The van der Waals surface area contributed by atoms with Gasteiger partial charge in [-0.1, -0.05) is 0 Å². The predicted molar refractivity (Wildman–Crippen MR) is 102 cm³/mol. The van der Waals surface area contributed by atoms with Crippen molar-refractivity contribution in [1.29, 1.82) is 0 Å². The first-order valence-electron chi connectivity index (χ1n) is 8.56. The zero-order chi connectivity index (χ0) is 19.9. The number of anilines is 1. The standard InChI is InChI=1S/C19H23FN2O4S/c1-14(2)26-13-3-12-21-19(23)15-4-8-17(9-5-15)22-27(24,25)18-10-6-16(20)7-11-18/h4-11,14,22H,3,12-13H2,1-2H3,(H,21,23). The van der Waals surface area contributed by atoms with E-state index in [1.165, 1.54) is 36.4 Å². The minimum absolute atomic E-state index is 0.0469. The Labute approximate surface area is 158 Å².